The number of carbonyl (C=O) groups excluding carboxylic acids is 1. The molecule has 135 valence electrons. The van der Waals surface area contributed by atoms with Crippen molar-refractivity contribution in [2.45, 2.75) is 84.0 Å². The molecule has 1 radical (unpaired) electrons. The van der Waals surface area contributed by atoms with Gasteiger partial charge in [-0.25, -0.2) is 0 Å². The highest BCUT2D eigenvalue weighted by Gasteiger charge is 2.06. The highest BCUT2D eigenvalue weighted by molar-refractivity contribution is 5.50. The first-order chi connectivity index (χ1) is 11.7. The van der Waals surface area contributed by atoms with Crippen LogP contribution in [0.2, 0.25) is 0 Å². The zero-order valence-corrected chi connectivity index (χ0v) is 15.0. The molecule has 4 heteroatoms. The van der Waals surface area contributed by atoms with Crippen molar-refractivity contribution in [3.05, 3.63) is 46.2 Å². The minimum absolute atomic E-state index is 0.202. The van der Waals surface area contributed by atoms with Gasteiger partial charge < -0.3 is 0 Å². The topological polar surface area (TPSA) is 60.2 Å². The zero-order chi connectivity index (χ0) is 17.9. The summed E-state index contributed by atoms with van der Waals surface area (Å²) >= 11 is 0. The third kappa shape index (κ3) is 15.2. The van der Waals surface area contributed by atoms with Gasteiger partial charge in [0.05, 0.1) is 11.3 Å². The first-order valence-corrected chi connectivity index (χ1v) is 9.20. The number of allylic oxidation sites excluding steroid dienone is 5. The van der Waals surface area contributed by atoms with Gasteiger partial charge in [0, 0.05) is 6.42 Å². The summed E-state index contributed by atoms with van der Waals surface area (Å²) in [5.74, 6) is 0. The third-order valence-corrected chi connectivity index (χ3v) is 3.75. The Hall–Kier alpha value is -1.71. The highest BCUT2D eigenvalue weighted by Crippen LogP contribution is 2.09. The number of unbranched alkanes of at least 4 members (excludes halogenated alkanes) is 8. The van der Waals surface area contributed by atoms with E-state index in [9.17, 15) is 14.9 Å². The average Bonchev–Trinajstić information content (AvgIpc) is 2.57. The number of hydrogen-bond acceptors (Lipinski definition) is 3. The van der Waals surface area contributed by atoms with Crippen LogP contribution in [-0.4, -0.2) is 11.2 Å². The van der Waals surface area contributed by atoms with Crippen LogP contribution in [0.25, 0.3) is 0 Å². The summed E-state index contributed by atoms with van der Waals surface area (Å²) in [5, 5.41) is 10.9. The van der Waals surface area contributed by atoms with Crippen LogP contribution in [0.3, 0.4) is 0 Å². The molecule has 0 spiro atoms. The van der Waals surface area contributed by atoms with Crippen LogP contribution >= 0.6 is 0 Å². The van der Waals surface area contributed by atoms with Gasteiger partial charge in [-0.1, -0.05) is 63.3 Å². The Morgan fingerprint density at radius 2 is 1.67 bits per heavy atom. The Bertz CT molecular complexity index is 411. The summed E-state index contributed by atoms with van der Waals surface area (Å²) in [6.07, 6.45) is 23.2. The molecular formula is C20H32NO3. The first kappa shape index (κ1) is 22.3. The molecule has 0 unspecified atom stereocenters. The smallest absolute Gasteiger partial charge is 0.246 e. The van der Waals surface area contributed by atoms with Gasteiger partial charge in [0.1, 0.15) is 0 Å². The molecule has 0 saturated heterocycles. The molecule has 0 amide bonds. The van der Waals surface area contributed by atoms with Crippen LogP contribution in [-0.2, 0) is 4.79 Å². The summed E-state index contributed by atoms with van der Waals surface area (Å²) < 4.78 is 0. The van der Waals surface area contributed by atoms with E-state index in [1.54, 1.807) is 12.4 Å². The third-order valence-electron chi connectivity index (χ3n) is 3.75. The first-order valence-electron chi connectivity index (χ1n) is 9.20. The Balaban J connectivity index is 3.78. The number of rotatable bonds is 16. The van der Waals surface area contributed by atoms with Crippen molar-refractivity contribution in [2.24, 2.45) is 0 Å². The normalized spacial score (nSPS) is 12.3. The molecule has 24 heavy (non-hydrogen) atoms. The predicted molar refractivity (Wildman–Crippen MR) is 100 cm³/mol. The van der Waals surface area contributed by atoms with E-state index in [0.717, 1.165) is 12.8 Å². The zero-order valence-electron chi connectivity index (χ0n) is 15.0. The maximum atomic E-state index is 10.9. The number of hydrogen-bond donors (Lipinski definition) is 0. The van der Waals surface area contributed by atoms with Crippen LogP contribution in [0.1, 0.15) is 84.0 Å². The maximum absolute atomic E-state index is 10.9. The van der Waals surface area contributed by atoms with Crippen LogP contribution in [0.5, 0.6) is 0 Å². The second kappa shape index (κ2) is 17.6. The lowest BCUT2D eigenvalue weighted by Gasteiger charge is -1.97. The summed E-state index contributed by atoms with van der Waals surface area (Å²) in [4.78, 5) is 20.6. The Kier molecular flexibility index (Phi) is 16.4. The molecular weight excluding hydrogens is 302 g/mol. The van der Waals surface area contributed by atoms with E-state index in [1.807, 2.05) is 12.2 Å². The van der Waals surface area contributed by atoms with E-state index in [4.69, 9.17) is 0 Å². The van der Waals surface area contributed by atoms with Crippen molar-refractivity contribution in [3.8, 4) is 0 Å². The largest absolute Gasteiger partial charge is 0.291 e. The van der Waals surface area contributed by atoms with Crippen molar-refractivity contribution in [3.63, 3.8) is 0 Å². The fourth-order valence-electron chi connectivity index (χ4n) is 2.31. The molecule has 0 bridgehead atoms. The van der Waals surface area contributed by atoms with Crippen LogP contribution in [0.15, 0.2) is 36.1 Å². The standard InChI is InChI=1S/C20H32NO3/c1-2-3-4-5-6-7-8-9-10-11-12-14-17-20(21(23)24)18-15-13-16-19-22/h9-10,12,14,18H,2-8,11,13,15-17H2,1H3/b10-9-,14-12-,20-18+. The fourth-order valence-corrected chi connectivity index (χ4v) is 2.31. The molecule has 0 fully saturated rings. The van der Waals surface area contributed by atoms with E-state index in [2.05, 4.69) is 19.1 Å². The van der Waals surface area contributed by atoms with Gasteiger partial charge in [-0.15, -0.1) is 0 Å². The molecule has 0 aliphatic heterocycles. The van der Waals surface area contributed by atoms with Crippen molar-refractivity contribution in [1.82, 2.24) is 0 Å². The van der Waals surface area contributed by atoms with Gasteiger partial charge in [0.25, 0.3) is 0 Å². The minimum atomic E-state index is -0.344. The molecule has 0 aromatic carbocycles. The number of nitrogens with zero attached hydrogens (tertiary/aromatic N) is 1. The lowest BCUT2D eigenvalue weighted by Crippen LogP contribution is -1.97. The fraction of sp³-hybridized carbons (Fsp3) is 0.650. The van der Waals surface area contributed by atoms with Crippen molar-refractivity contribution < 1.29 is 9.72 Å². The Morgan fingerprint density at radius 1 is 0.958 bits per heavy atom. The molecule has 0 atom stereocenters. The quantitative estimate of drug-likeness (QED) is 0.149. The predicted octanol–water partition coefficient (Wildman–Crippen LogP) is 6.07. The second-order valence-corrected chi connectivity index (χ2v) is 5.93. The monoisotopic (exact) mass is 334 g/mol. The van der Waals surface area contributed by atoms with Crippen molar-refractivity contribution in [1.29, 1.82) is 0 Å². The molecule has 0 saturated carbocycles. The summed E-state index contributed by atoms with van der Waals surface area (Å²) in [6.45, 7) is 2.23. The summed E-state index contributed by atoms with van der Waals surface area (Å²) in [6, 6.07) is 0. The number of nitro groups is 1. The van der Waals surface area contributed by atoms with Crippen molar-refractivity contribution in [2.75, 3.05) is 0 Å². The molecule has 0 rings (SSSR count). The SMILES string of the molecule is CCCCCCCC/C=C\C/C=C\C/C(=C\CCC[C]=O)[N+](=O)[O-]. The van der Waals surface area contributed by atoms with E-state index >= 15 is 0 Å². The molecule has 0 aromatic rings. The van der Waals surface area contributed by atoms with Gasteiger partial charge in [0.2, 0.25) is 5.70 Å². The summed E-state index contributed by atoms with van der Waals surface area (Å²) in [5.41, 5.74) is 0.202. The van der Waals surface area contributed by atoms with E-state index in [0.29, 0.717) is 25.7 Å². The average molecular weight is 334 g/mol. The van der Waals surface area contributed by atoms with E-state index < -0.39 is 0 Å². The van der Waals surface area contributed by atoms with E-state index in [1.165, 1.54) is 38.5 Å². The van der Waals surface area contributed by atoms with Crippen LogP contribution < -0.4 is 0 Å². The molecule has 0 aromatic heterocycles. The Morgan fingerprint density at radius 3 is 2.38 bits per heavy atom. The van der Waals surface area contributed by atoms with Crippen LogP contribution in [0.4, 0.5) is 0 Å². The van der Waals surface area contributed by atoms with Gasteiger partial charge in [0.15, 0.2) is 6.29 Å². The molecule has 0 aliphatic rings. The van der Waals surface area contributed by atoms with Crippen molar-refractivity contribution >= 4 is 6.29 Å². The molecule has 4 nitrogen and oxygen atoms in total. The lowest BCUT2D eigenvalue weighted by atomic mass is 10.1. The van der Waals surface area contributed by atoms with Gasteiger partial charge in [-0.05, 0) is 38.2 Å². The van der Waals surface area contributed by atoms with Gasteiger partial charge >= 0.3 is 0 Å². The molecule has 0 aliphatic carbocycles. The molecule has 0 N–H and O–H groups in total. The second-order valence-electron chi connectivity index (χ2n) is 5.93. The van der Waals surface area contributed by atoms with Gasteiger partial charge in [-0.3, -0.25) is 14.9 Å². The minimum Gasteiger partial charge on any atom is -0.291 e. The van der Waals surface area contributed by atoms with Crippen LogP contribution in [0, 0.1) is 10.1 Å². The maximum Gasteiger partial charge on any atom is 0.246 e. The molecule has 0 heterocycles. The lowest BCUT2D eigenvalue weighted by molar-refractivity contribution is -0.427. The highest BCUT2D eigenvalue weighted by atomic mass is 16.6. The summed E-state index contributed by atoms with van der Waals surface area (Å²) in [7, 11) is 0. The Labute approximate surface area is 146 Å². The van der Waals surface area contributed by atoms with E-state index in [-0.39, 0.29) is 10.6 Å². The van der Waals surface area contributed by atoms with Gasteiger partial charge in [-0.2, -0.15) is 0 Å².